The lowest BCUT2D eigenvalue weighted by atomic mass is 9.75. The van der Waals surface area contributed by atoms with Crippen LogP contribution in [-0.4, -0.2) is 35.5 Å². The minimum Gasteiger partial charge on any atom is -0.460 e. The highest BCUT2D eigenvalue weighted by molar-refractivity contribution is 5.66. The Balaban J connectivity index is 0.000000169. The Morgan fingerprint density at radius 3 is 2.32 bits per heavy atom. The lowest BCUT2D eigenvalue weighted by Crippen LogP contribution is -2.40. The van der Waals surface area contributed by atoms with Crippen LogP contribution in [0.5, 0.6) is 0 Å². The van der Waals surface area contributed by atoms with Gasteiger partial charge in [-0.05, 0) is 52.9 Å². The summed E-state index contributed by atoms with van der Waals surface area (Å²) in [7, 11) is 0. The van der Waals surface area contributed by atoms with Crippen LogP contribution in [-0.2, 0) is 19.0 Å². The Morgan fingerprint density at radius 2 is 1.82 bits per heavy atom. The van der Waals surface area contributed by atoms with Crippen LogP contribution in [0.15, 0.2) is 0 Å². The van der Waals surface area contributed by atoms with Gasteiger partial charge in [0.1, 0.15) is 5.60 Å². The fraction of sp³-hybridized carbons (Fsp3) is 0.944. The molecule has 4 nitrogen and oxygen atoms in total. The van der Waals surface area contributed by atoms with Crippen molar-refractivity contribution in [2.24, 2.45) is 5.92 Å². The fourth-order valence-corrected chi connectivity index (χ4v) is 4.11. The predicted molar refractivity (Wildman–Crippen MR) is 83.6 cm³/mol. The quantitative estimate of drug-likeness (QED) is 0.577. The number of esters is 1. The molecule has 5 atom stereocenters. The number of carbonyl (C=O) groups excluding carboxylic acids is 1. The van der Waals surface area contributed by atoms with Crippen LogP contribution in [0.2, 0.25) is 0 Å². The molecule has 2 heterocycles. The van der Waals surface area contributed by atoms with Gasteiger partial charge in [-0.25, -0.2) is 0 Å². The molecule has 126 valence electrons. The molecule has 2 aliphatic carbocycles. The Bertz CT molecular complexity index is 423. The van der Waals surface area contributed by atoms with Crippen LogP contribution in [0.25, 0.3) is 0 Å². The van der Waals surface area contributed by atoms with Gasteiger partial charge in [-0.2, -0.15) is 0 Å². The van der Waals surface area contributed by atoms with Crippen molar-refractivity contribution in [3.05, 3.63) is 0 Å². The van der Waals surface area contributed by atoms with Gasteiger partial charge in [0.2, 0.25) is 0 Å². The summed E-state index contributed by atoms with van der Waals surface area (Å²) in [6.45, 7) is 7.66. The Labute approximate surface area is 133 Å². The molecule has 4 heteroatoms. The molecule has 2 saturated heterocycles. The smallest absolute Gasteiger partial charge is 0.303 e. The molecule has 4 aliphatic rings. The van der Waals surface area contributed by atoms with Gasteiger partial charge in [0.05, 0.1) is 23.9 Å². The predicted octanol–water partition coefficient (Wildman–Crippen LogP) is 3.61. The zero-order chi connectivity index (χ0) is 16.0. The number of carbonyl (C=O) groups is 1. The first-order valence-electron chi connectivity index (χ1n) is 8.83. The Morgan fingerprint density at radius 1 is 1.18 bits per heavy atom. The molecule has 0 N–H and O–H groups in total. The zero-order valence-electron chi connectivity index (χ0n) is 14.4. The third-order valence-electron chi connectivity index (χ3n) is 5.83. The summed E-state index contributed by atoms with van der Waals surface area (Å²) >= 11 is 0. The van der Waals surface area contributed by atoms with E-state index in [0.29, 0.717) is 24.2 Å². The third kappa shape index (κ3) is 3.65. The van der Waals surface area contributed by atoms with Crippen molar-refractivity contribution in [1.29, 1.82) is 0 Å². The second-order valence-electron chi connectivity index (χ2n) is 8.08. The van der Waals surface area contributed by atoms with Gasteiger partial charge in [0.25, 0.3) is 0 Å². The monoisotopic (exact) mass is 310 g/mol. The third-order valence-corrected chi connectivity index (χ3v) is 5.83. The van der Waals surface area contributed by atoms with E-state index in [4.69, 9.17) is 14.2 Å². The van der Waals surface area contributed by atoms with Crippen molar-refractivity contribution in [2.75, 3.05) is 0 Å². The molecule has 0 spiro atoms. The fourth-order valence-electron chi connectivity index (χ4n) is 4.11. The summed E-state index contributed by atoms with van der Waals surface area (Å²) in [5.74, 6) is 0.243. The van der Waals surface area contributed by atoms with Gasteiger partial charge in [-0.1, -0.05) is 12.8 Å². The highest BCUT2D eigenvalue weighted by Crippen LogP contribution is 2.51. The number of ether oxygens (including phenoxy) is 3. The first kappa shape index (κ1) is 16.3. The average Bonchev–Trinajstić information content (AvgIpc) is 3.30. The Hall–Kier alpha value is -0.610. The van der Waals surface area contributed by atoms with E-state index < -0.39 is 0 Å². The summed E-state index contributed by atoms with van der Waals surface area (Å²) in [5, 5.41) is 0. The lowest BCUT2D eigenvalue weighted by molar-refractivity contribution is -0.160. The molecule has 0 aromatic carbocycles. The van der Waals surface area contributed by atoms with E-state index in [0.717, 1.165) is 19.3 Å². The summed E-state index contributed by atoms with van der Waals surface area (Å²) in [4.78, 5) is 11.0. The van der Waals surface area contributed by atoms with E-state index in [-0.39, 0.29) is 17.2 Å². The molecule has 4 rings (SSSR count). The number of hydrogen-bond donors (Lipinski definition) is 0. The van der Waals surface area contributed by atoms with Crippen molar-refractivity contribution in [3.8, 4) is 0 Å². The van der Waals surface area contributed by atoms with Gasteiger partial charge >= 0.3 is 5.97 Å². The minimum absolute atomic E-state index is 0.142. The topological polar surface area (TPSA) is 51.4 Å². The summed E-state index contributed by atoms with van der Waals surface area (Å²) in [5.41, 5.74) is -0.206. The van der Waals surface area contributed by atoms with Gasteiger partial charge in [0.15, 0.2) is 0 Å². The molecule has 0 aromatic rings. The highest BCUT2D eigenvalue weighted by atomic mass is 16.6. The normalized spacial score (nSPS) is 42.2. The molecule has 0 aromatic heterocycles. The van der Waals surface area contributed by atoms with Crippen LogP contribution in [0.1, 0.15) is 72.6 Å². The maximum Gasteiger partial charge on any atom is 0.303 e. The molecular weight excluding hydrogens is 280 g/mol. The van der Waals surface area contributed by atoms with E-state index in [1.54, 1.807) is 0 Å². The second-order valence-corrected chi connectivity index (χ2v) is 8.08. The first-order chi connectivity index (χ1) is 10.3. The minimum atomic E-state index is -0.348. The largest absolute Gasteiger partial charge is 0.460 e. The van der Waals surface area contributed by atoms with Gasteiger partial charge in [-0.3, -0.25) is 4.79 Å². The maximum atomic E-state index is 11.0. The van der Waals surface area contributed by atoms with Crippen LogP contribution < -0.4 is 0 Å². The number of hydrogen-bond acceptors (Lipinski definition) is 4. The molecule has 0 amide bonds. The van der Waals surface area contributed by atoms with Crippen molar-refractivity contribution < 1.29 is 19.0 Å². The maximum absolute atomic E-state index is 11.0. The summed E-state index contributed by atoms with van der Waals surface area (Å²) < 4.78 is 16.3. The number of fused-ring (bicyclic) bond motifs is 2. The van der Waals surface area contributed by atoms with Crippen LogP contribution in [0, 0.1) is 5.92 Å². The van der Waals surface area contributed by atoms with Gasteiger partial charge in [0, 0.05) is 12.8 Å². The van der Waals surface area contributed by atoms with Gasteiger partial charge in [-0.15, -0.1) is 0 Å². The first-order valence-corrected chi connectivity index (χ1v) is 8.83. The van der Waals surface area contributed by atoms with E-state index in [1.165, 1.54) is 32.6 Å². The molecule has 5 unspecified atom stereocenters. The van der Waals surface area contributed by atoms with E-state index in [1.807, 2.05) is 13.8 Å². The standard InChI is InChI=1S/C12H20O3.C6H10O/c1-8(13)14-11(2,3)9-5-6-12(4)10(7-9)15-12;1-2-4-6-5(3-1)7-6/h9-10H,5-7H2,1-4H3;5-6H,1-4H2. The van der Waals surface area contributed by atoms with E-state index >= 15 is 0 Å². The molecule has 0 bridgehead atoms. The van der Waals surface area contributed by atoms with Crippen LogP contribution in [0.4, 0.5) is 0 Å². The van der Waals surface area contributed by atoms with Crippen LogP contribution in [0.3, 0.4) is 0 Å². The summed E-state index contributed by atoms with van der Waals surface area (Å²) in [6.07, 6.45) is 10.5. The molecular formula is C18H30O4. The van der Waals surface area contributed by atoms with E-state index in [2.05, 4.69) is 6.92 Å². The van der Waals surface area contributed by atoms with Crippen molar-refractivity contribution in [1.82, 2.24) is 0 Å². The van der Waals surface area contributed by atoms with Crippen molar-refractivity contribution in [2.45, 2.75) is 102 Å². The molecule has 2 saturated carbocycles. The Kier molecular flexibility index (Phi) is 4.28. The number of epoxide rings is 2. The molecule has 2 aliphatic heterocycles. The average molecular weight is 310 g/mol. The van der Waals surface area contributed by atoms with Crippen molar-refractivity contribution >= 4 is 5.97 Å². The van der Waals surface area contributed by atoms with Gasteiger partial charge < -0.3 is 14.2 Å². The molecule has 22 heavy (non-hydrogen) atoms. The lowest BCUT2D eigenvalue weighted by Gasteiger charge is -2.36. The van der Waals surface area contributed by atoms with Crippen LogP contribution >= 0.6 is 0 Å². The van der Waals surface area contributed by atoms with Crippen molar-refractivity contribution in [3.63, 3.8) is 0 Å². The molecule has 4 fully saturated rings. The number of rotatable bonds is 2. The highest BCUT2D eigenvalue weighted by Gasteiger charge is 2.57. The van der Waals surface area contributed by atoms with E-state index in [9.17, 15) is 4.79 Å². The SMILES string of the molecule is C1CCC2OC2C1.CC(=O)OC(C)(C)C1CCC2(C)OC2C1. The second kappa shape index (κ2) is 5.79. The molecule has 0 radical (unpaired) electrons. The zero-order valence-corrected chi connectivity index (χ0v) is 14.4. The summed E-state index contributed by atoms with van der Waals surface area (Å²) in [6, 6.07) is 0.